The second-order valence-corrected chi connectivity index (χ2v) is 10.3. The van der Waals surface area contributed by atoms with Gasteiger partial charge in [-0.2, -0.15) is 0 Å². The Bertz CT molecular complexity index is 1290. The largest absolute Gasteiger partial charge is 0.339 e. The molecule has 1 fully saturated rings. The van der Waals surface area contributed by atoms with E-state index in [0.29, 0.717) is 35.2 Å². The highest BCUT2D eigenvalue weighted by Gasteiger charge is 2.23. The number of aryl methyl sites for hydroxylation is 1. The van der Waals surface area contributed by atoms with Gasteiger partial charge in [0, 0.05) is 41.8 Å². The Balaban J connectivity index is 1.42. The molecule has 37 heavy (non-hydrogen) atoms. The van der Waals surface area contributed by atoms with Crippen molar-refractivity contribution in [1.29, 1.82) is 0 Å². The lowest BCUT2D eigenvalue weighted by molar-refractivity contribution is 0.0760. The van der Waals surface area contributed by atoms with Crippen LogP contribution in [0, 0.1) is 25.2 Å². The number of hydrogen-bond acceptors (Lipinski definition) is 3. The average Bonchev–Trinajstić information content (AvgIpc) is 3.16. The summed E-state index contributed by atoms with van der Waals surface area (Å²) in [6.07, 6.45) is 10.9. The maximum atomic E-state index is 13.4. The van der Waals surface area contributed by atoms with Crippen LogP contribution in [0.15, 0.2) is 60.8 Å². The Hall–Kier alpha value is -3.91. The fourth-order valence-corrected chi connectivity index (χ4v) is 4.85. The minimum atomic E-state index is -0.232. The number of nitrogens with zero attached hydrogens (tertiary/aromatic N) is 2. The van der Waals surface area contributed by atoms with E-state index in [0.717, 1.165) is 49.0 Å². The minimum Gasteiger partial charge on any atom is -0.339 e. The molecule has 2 heterocycles. The lowest BCUT2D eigenvalue weighted by Gasteiger charge is -2.21. The SMILES string of the molecule is C#Cc1ccc(C2CCCN(C(=O)c3ccc(C)c(NC(=O)c4ccc(CC(C)C)nc4)c3)CC2)cc1. The zero-order valence-corrected chi connectivity index (χ0v) is 22.0. The molecule has 1 N–H and O–H groups in total. The van der Waals surface area contributed by atoms with Gasteiger partial charge in [0.25, 0.3) is 11.8 Å². The fraction of sp³-hybridized carbons (Fsp3) is 0.344. The highest BCUT2D eigenvalue weighted by molar-refractivity contribution is 6.05. The van der Waals surface area contributed by atoms with Crippen molar-refractivity contribution in [3.63, 3.8) is 0 Å². The summed E-state index contributed by atoms with van der Waals surface area (Å²) in [6.45, 7) is 7.63. The van der Waals surface area contributed by atoms with E-state index in [4.69, 9.17) is 6.42 Å². The second-order valence-electron chi connectivity index (χ2n) is 10.3. The predicted molar refractivity (Wildman–Crippen MR) is 149 cm³/mol. The molecule has 0 bridgehead atoms. The summed E-state index contributed by atoms with van der Waals surface area (Å²) >= 11 is 0. The van der Waals surface area contributed by atoms with Crippen LogP contribution in [0.2, 0.25) is 0 Å². The van der Waals surface area contributed by atoms with Crippen LogP contribution in [-0.2, 0) is 6.42 Å². The van der Waals surface area contributed by atoms with Crippen LogP contribution in [-0.4, -0.2) is 34.8 Å². The summed E-state index contributed by atoms with van der Waals surface area (Å²) in [7, 11) is 0. The molecule has 5 heteroatoms. The number of pyridine rings is 1. The molecule has 1 aliphatic rings. The molecule has 2 aromatic carbocycles. The van der Waals surface area contributed by atoms with Crippen LogP contribution in [0.25, 0.3) is 0 Å². The van der Waals surface area contributed by atoms with Crippen molar-refractivity contribution in [2.45, 2.75) is 52.4 Å². The summed E-state index contributed by atoms with van der Waals surface area (Å²) in [6, 6.07) is 17.4. The first-order valence-corrected chi connectivity index (χ1v) is 13.1. The predicted octanol–water partition coefficient (Wildman–Crippen LogP) is 6.23. The molecule has 3 aromatic rings. The number of carbonyl (C=O) groups is 2. The van der Waals surface area contributed by atoms with Crippen molar-refractivity contribution < 1.29 is 9.59 Å². The molecule has 0 spiro atoms. The topological polar surface area (TPSA) is 62.3 Å². The van der Waals surface area contributed by atoms with E-state index in [2.05, 4.69) is 42.2 Å². The molecular weight excluding hydrogens is 458 g/mol. The van der Waals surface area contributed by atoms with Crippen molar-refractivity contribution in [3.05, 3.63) is 94.3 Å². The van der Waals surface area contributed by atoms with Gasteiger partial charge in [-0.25, -0.2) is 0 Å². The summed E-state index contributed by atoms with van der Waals surface area (Å²) in [5.41, 5.74) is 5.76. The molecule has 1 saturated heterocycles. The zero-order chi connectivity index (χ0) is 26.4. The Labute approximate surface area is 220 Å². The first kappa shape index (κ1) is 26.2. The summed E-state index contributed by atoms with van der Waals surface area (Å²) in [4.78, 5) is 32.6. The molecule has 0 radical (unpaired) electrons. The van der Waals surface area contributed by atoms with E-state index in [9.17, 15) is 9.59 Å². The molecule has 1 aromatic heterocycles. The van der Waals surface area contributed by atoms with E-state index >= 15 is 0 Å². The van der Waals surface area contributed by atoms with Crippen LogP contribution in [0.5, 0.6) is 0 Å². The summed E-state index contributed by atoms with van der Waals surface area (Å²) in [5.74, 6) is 3.35. The number of benzene rings is 2. The number of rotatable bonds is 6. The number of carbonyl (C=O) groups excluding carboxylic acids is 2. The number of hydrogen-bond donors (Lipinski definition) is 1. The van der Waals surface area contributed by atoms with Crippen LogP contribution in [0.1, 0.15) is 82.1 Å². The van der Waals surface area contributed by atoms with Gasteiger partial charge < -0.3 is 10.2 Å². The molecule has 2 amide bonds. The highest BCUT2D eigenvalue weighted by atomic mass is 16.2. The third kappa shape index (κ3) is 6.65. The Kier molecular flexibility index (Phi) is 8.40. The Morgan fingerprint density at radius 2 is 1.81 bits per heavy atom. The van der Waals surface area contributed by atoms with Gasteiger partial charge in [-0.05, 0) is 92.0 Å². The molecule has 1 aliphatic heterocycles. The van der Waals surface area contributed by atoms with Crippen LogP contribution in [0.3, 0.4) is 0 Å². The lowest BCUT2D eigenvalue weighted by Crippen LogP contribution is -2.32. The number of anilines is 1. The number of amides is 2. The fourth-order valence-electron chi connectivity index (χ4n) is 4.85. The summed E-state index contributed by atoms with van der Waals surface area (Å²) < 4.78 is 0. The standard InChI is InChI=1S/C32H35N3O2/c1-5-24-9-12-26(13-10-24)25-7-6-17-35(18-16-25)32(37)27-11-8-23(4)30(20-27)34-31(36)28-14-15-29(33-21-28)19-22(2)3/h1,8-15,20-22,25H,6-7,16-19H2,2-4H3,(H,34,36). The molecule has 5 nitrogen and oxygen atoms in total. The van der Waals surface area contributed by atoms with Crippen molar-refractivity contribution in [3.8, 4) is 12.3 Å². The lowest BCUT2D eigenvalue weighted by atomic mass is 9.91. The van der Waals surface area contributed by atoms with Crippen molar-refractivity contribution in [2.75, 3.05) is 18.4 Å². The minimum absolute atomic E-state index is 0.00136. The first-order valence-electron chi connectivity index (χ1n) is 13.1. The summed E-state index contributed by atoms with van der Waals surface area (Å²) in [5, 5.41) is 2.97. The average molecular weight is 494 g/mol. The van der Waals surface area contributed by atoms with Gasteiger partial charge in [0.05, 0.1) is 5.56 Å². The third-order valence-electron chi connectivity index (χ3n) is 7.00. The zero-order valence-electron chi connectivity index (χ0n) is 22.0. The molecule has 0 saturated carbocycles. The van der Waals surface area contributed by atoms with Crippen molar-refractivity contribution in [1.82, 2.24) is 9.88 Å². The maximum Gasteiger partial charge on any atom is 0.257 e. The quantitative estimate of drug-likeness (QED) is 0.414. The van der Waals surface area contributed by atoms with Gasteiger partial charge in [-0.15, -0.1) is 6.42 Å². The van der Waals surface area contributed by atoms with Gasteiger partial charge in [-0.1, -0.05) is 38.0 Å². The maximum absolute atomic E-state index is 13.4. The van der Waals surface area contributed by atoms with Gasteiger partial charge in [0.1, 0.15) is 0 Å². The molecular formula is C32H35N3O2. The molecule has 4 rings (SSSR count). The van der Waals surface area contributed by atoms with Gasteiger partial charge in [0.2, 0.25) is 0 Å². The smallest absolute Gasteiger partial charge is 0.257 e. The molecule has 1 unspecified atom stereocenters. The second kappa shape index (κ2) is 11.9. The van der Waals surface area contributed by atoms with E-state index in [-0.39, 0.29) is 11.8 Å². The number of likely N-dealkylation sites (tertiary alicyclic amines) is 1. The molecule has 1 atom stereocenters. The van der Waals surface area contributed by atoms with E-state index in [1.54, 1.807) is 18.3 Å². The normalized spacial score (nSPS) is 15.6. The van der Waals surface area contributed by atoms with Crippen molar-refractivity contribution in [2.24, 2.45) is 5.92 Å². The van der Waals surface area contributed by atoms with E-state index in [1.807, 2.05) is 42.2 Å². The number of nitrogens with one attached hydrogen (secondary N) is 1. The van der Waals surface area contributed by atoms with Gasteiger partial charge in [0.15, 0.2) is 0 Å². The first-order chi connectivity index (χ1) is 17.8. The van der Waals surface area contributed by atoms with Gasteiger partial charge >= 0.3 is 0 Å². The third-order valence-corrected chi connectivity index (χ3v) is 7.00. The number of terminal acetylenes is 1. The van der Waals surface area contributed by atoms with E-state index in [1.165, 1.54) is 5.56 Å². The Morgan fingerprint density at radius 1 is 1.05 bits per heavy atom. The number of aromatic nitrogens is 1. The van der Waals surface area contributed by atoms with Crippen LogP contribution in [0.4, 0.5) is 5.69 Å². The van der Waals surface area contributed by atoms with Gasteiger partial charge in [-0.3, -0.25) is 14.6 Å². The highest BCUT2D eigenvalue weighted by Crippen LogP contribution is 2.29. The molecule has 190 valence electrons. The van der Waals surface area contributed by atoms with Crippen LogP contribution < -0.4 is 5.32 Å². The monoisotopic (exact) mass is 493 g/mol. The van der Waals surface area contributed by atoms with E-state index < -0.39 is 0 Å². The molecule has 0 aliphatic carbocycles. The Morgan fingerprint density at radius 3 is 2.49 bits per heavy atom. The van der Waals surface area contributed by atoms with Crippen molar-refractivity contribution >= 4 is 17.5 Å². The van der Waals surface area contributed by atoms with Crippen LogP contribution >= 0.6 is 0 Å².